The van der Waals surface area contributed by atoms with E-state index in [4.69, 9.17) is 11.6 Å². The molecule has 25 heavy (non-hydrogen) atoms. The number of aromatic nitrogens is 3. The van der Waals surface area contributed by atoms with Crippen molar-refractivity contribution in [3.05, 3.63) is 69.5 Å². The van der Waals surface area contributed by atoms with Gasteiger partial charge in [0.2, 0.25) is 0 Å². The molecule has 128 valence electrons. The van der Waals surface area contributed by atoms with Crippen LogP contribution in [0.25, 0.3) is 5.69 Å². The average Bonchev–Trinajstić information content (AvgIpc) is 2.92. The van der Waals surface area contributed by atoms with E-state index in [1.165, 1.54) is 0 Å². The van der Waals surface area contributed by atoms with Crippen LogP contribution >= 0.6 is 11.6 Å². The minimum absolute atomic E-state index is 0.288. The number of rotatable bonds is 3. The average molecular weight is 355 g/mol. The van der Waals surface area contributed by atoms with Crippen molar-refractivity contribution in [2.75, 3.05) is 5.32 Å². The van der Waals surface area contributed by atoms with Crippen LogP contribution in [0.2, 0.25) is 5.02 Å². The summed E-state index contributed by atoms with van der Waals surface area (Å²) in [6, 6.07) is 11.5. The van der Waals surface area contributed by atoms with Crippen LogP contribution in [-0.4, -0.2) is 20.9 Å². The van der Waals surface area contributed by atoms with Crippen LogP contribution in [0.3, 0.4) is 0 Å². The van der Waals surface area contributed by atoms with Gasteiger partial charge in [-0.1, -0.05) is 28.9 Å². The van der Waals surface area contributed by atoms with E-state index in [9.17, 15) is 4.79 Å². The highest BCUT2D eigenvalue weighted by Crippen LogP contribution is 2.21. The van der Waals surface area contributed by atoms with Crippen LogP contribution in [0.4, 0.5) is 5.69 Å². The maximum atomic E-state index is 12.5. The molecule has 3 aromatic rings. The quantitative estimate of drug-likeness (QED) is 0.758. The summed E-state index contributed by atoms with van der Waals surface area (Å²) in [5, 5.41) is 11.6. The van der Waals surface area contributed by atoms with Gasteiger partial charge in [0.1, 0.15) is 0 Å². The second-order valence-corrected chi connectivity index (χ2v) is 6.61. The van der Waals surface area contributed by atoms with Gasteiger partial charge >= 0.3 is 0 Å². The predicted molar refractivity (Wildman–Crippen MR) is 99.7 cm³/mol. The fraction of sp³-hybridized carbons (Fsp3) is 0.211. The summed E-state index contributed by atoms with van der Waals surface area (Å²) in [5.41, 5.74) is 5.70. The number of anilines is 1. The first-order chi connectivity index (χ1) is 11.8. The van der Waals surface area contributed by atoms with Gasteiger partial charge in [0.25, 0.3) is 5.91 Å². The van der Waals surface area contributed by atoms with Crippen LogP contribution in [0.15, 0.2) is 36.4 Å². The lowest BCUT2D eigenvalue weighted by Crippen LogP contribution is -2.14. The molecule has 0 saturated carbocycles. The molecule has 0 fully saturated rings. The smallest absolute Gasteiger partial charge is 0.278 e. The molecule has 0 unspecified atom stereocenters. The molecular weight excluding hydrogens is 336 g/mol. The summed E-state index contributed by atoms with van der Waals surface area (Å²) < 4.78 is 1.68. The highest BCUT2D eigenvalue weighted by molar-refractivity contribution is 6.31. The Kier molecular flexibility index (Phi) is 4.59. The first kappa shape index (κ1) is 17.2. The molecule has 0 aliphatic carbocycles. The van der Waals surface area contributed by atoms with Gasteiger partial charge in [-0.2, -0.15) is 0 Å². The number of amides is 1. The van der Waals surface area contributed by atoms with Gasteiger partial charge in [-0.3, -0.25) is 4.79 Å². The van der Waals surface area contributed by atoms with Crippen molar-refractivity contribution in [3.63, 3.8) is 0 Å². The second kappa shape index (κ2) is 6.69. The topological polar surface area (TPSA) is 59.8 Å². The normalized spacial score (nSPS) is 10.8. The Balaban J connectivity index is 1.89. The zero-order valence-electron chi connectivity index (χ0n) is 14.6. The van der Waals surface area contributed by atoms with Gasteiger partial charge in [0.05, 0.1) is 11.4 Å². The van der Waals surface area contributed by atoms with E-state index in [1.54, 1.807) is 10.7 Å². The van der Waals surface area contributed by atoms with Crippen molar-refractivity contribution in [1.29, 1.82) is 0 Å². The Bertz CT molecular complexity index is 942. The van der Waals surface area contributed by atoms with Gasteiger partial charge in [-0.25, -0.2) is 4.68 Å². The van der Waals surface area contributed by atoms with Gasteiger partial charge in [0, 0.05) is 10.7 Å². The number of halogens is 1. The van der Waals surface area contributed by atoms with Crippen molar-refractivity contribution >= 4 is 23.2 Å². The number of hydrogen-bond donors (Lipinski definition) is 1. The fourth-order valence-electron chi connectivity index (χ4n) is 2.72. The zero-order valence-corrected chi connectivity index (χ0v) is 15.3. The minimum atomic E-state index is -0.312. The number of benzene rings is 2. The number of carbonyl (C=O) groups excluding carboxylic acids is 1. The maximum absolute atomic E-state index is 12.5. The summed E-state index contributed by atoms with van der Waals surface area (Å²) in [5.74, 6) is -0.312. The number of aryl methyl sites for hydroxylation is 3. The van der Waals surface area contributed by atoms with Crippen LogP contribution in [0.5, 0.6) is 0 Å². The van der Waals surface area contributed by atoms with Crippen molar-refractivity contribution < 1.29 is 4.79 Å². The van der Waals surface area contributed by atoms with E-state index in [0.29, 0.717) is 16.4 Å². The Morgan fingerprint density at radius 2 is 1.72 bits per heavy atom. The molecule has 6 heteroatoms. The molecule has 0 atom stereocenters. The molecule has 0 spiro atoms. The summed E-state index contributed by atoms with van der Waals surface area (Å²) in [4.78, 5) is 12.5. The molecule has 1 amide bonds. The lowest BCUT2D eigenvalue weighted by Gasteiger charge is -2.08. The molecule has 0 bridgehead atoms. The summed E-state index contributed by atoms with van der Waals surface area (Å²) in [7, 11) is 0. The third kappa shape index (κ3) is 3.56. The van der Waals surface area contributed by atoms with E-state index in [-0.39, 0.29) is 11.6 Å². The van der Waals surface area contributed by atoms with E-state index < -0.39 is 0 Å². The van der Waals surface area contributed by atoms with Crippen LogP contribution in [-0.2, 0) is 0 Å². The summed E-state index contributed by atoms with van der Waals surface area (Å²) in [6.07, 6.45) is 0. The van der Waals surface area contributed by atoms with Gasteiger partial charge in [-0.15, -0.1) is 5.10 Å². The first-order valence-electron chi connectivity index (χ1n) is 7.93. The van der Waals surface area contributed by atoms with Gasteiger partial charge in [0.15, 0.2) is 5.69 Å². The standard InChI is InChI=1S/C19H19ClN4O/c1-11-7-12(2)9-16(8-11)24-14(4)18(22-23-24)19(25)21-15-6-5-13(3)17(20)10-15/h5-10H,1-4H3,(H,21,25). The molecule has 0 saturated heterocycles. The van der Waals surface area contributed by atoms with E-state index >= 15 is 0 Å². The third-order valence-corrected chi connectivity index (χ3v) is 4.40. The molecule has 2 aromatic carbocycles. The number of nitrogens with one attached hydrogen (secondary N) is 1. The highest BCUT2D eigenvalue weighted by Gasteiger charge is 2.18. The van der Waals surface area contributed by atoms with Crippen molar-refractivity contribution in [2.24, 2.45) is 0 Å². The summed E-state index contributed by atoms with van der Waals surface area (Å²) in [6.45, 7) is 7.79. The molecule has 1 heterocycles. The third-order valence-electron chi connectivity index (χ3n) is 3.99. The van der Waals surface area contributed by atoms with Gasteiger partial charge < -0.3 is 5.32 Å². The second-order valence-electron chi connectivity index (χ2n) is 6.20. The highest BCUT2D eigenvalue weighted by atomic mass is 35.5. The molecule has 1 aromatic heterocycles. The molecule has 3 rings (SSSR count). The molecule has 1 N–H and O–H groups in total. The zero-order chi connectivity index (χ0) is 18.1. The van der Waals surface area contributed by atoms with Gasteiger partial charge in [-0.05, 0) is 68.7 Å². The van der Waals surface area contributed by atoms with E-state index in [1.807, 2.05) is 52.0 Å². The number of nitrogens with zero attached hydrogens (tertiary/aromatic N) is 3. The monoisotopic (exact) mass is 354 g/mol. The van der Waals surface area contributed by atoms with E-state index in [2.05, 4.69) is 21.7 Å². The molecule has 0 radical (unpaired) electrons. The molecule has 0 aliphatic rings. The number of carbonyl (C=O) groups is 1. The Morgan fingerprint density at radius 3 is 2.36 bits per heavy atom. The van der Waals surface area contributed by atoms with Crippen molar-refractivity contribution in [3.8, 4) is 5.69 Å². The molecular formula is C19H19ClN4O. The number of hydrogen-bond acceptors (Lipinski definition) is 3. The van der Waals surface area contributed by atoms with Crippen LogP contribution in [0, 0.1) is 27.7 Å². The van der Waals surface area contributed by atoms with Crippen molar-refractivity contribution in [1.82, 2.24) is 15.0 Å². The fourth-order valence-corrected chi connectivity index (χ4v) is 2.90. The van der Waals surface area contributed by atoms with E-state index in [0.717, 1.165) is 22.4 Å². The Hall–Kier alpha value is -2.66. The molecule has 5 nitrogen and oxygen atoms in total. The largest absolute Gasteiger partial charge is 0.320 e. The van der Waals surface area contributed by atoms with Crippen molar-refractivity contribution in [2.45, 2.75) is 27.7 Å². The Morgan fingerprint density at radius 1 is 1.04 bits per heavy atom. The van der Waals surface area contributed by atoms with Crippen LogP contribution < -0.4 is 5.32 Å². The lowest BCUT2D eigenvalue weighted by molar-refractivity contribution is 0.102. The Labute approximate surface area is 151 Å². The SMILES string of the molecule is Cc1cc(C)cc(-n2nnc(C(=O)Nc3ccc(C)c(Cl)c3)c2C)c1. The maximum Gasteiger partial charge on any atom is 0.278 e. The first-order valence-corrected chi connectivity index (χ1v) is 8.31. The molecule has 0 aliphatic heterocycles. The predicted octanol–water partition coefficient (Wildman–Crippen LogP) is 4.41. The lowest BCUT2D eigenvalue weighted by atomic mass is 10.1. The minimum Gasteiger partial charge on any atom is -0.320 e. The summed E-state index contributed by atoms with van der Waals surface area (Å²) >= 11 is 6.10. The van der Waals surface area contributed by atoms with Crippen LogP contribution in [0.1, 0.15) is 32.9 Å².